The number of likely N-dealkylation sites (N-methyl/N-ethyl adjacent to an activating group) is 1. The Morgan fingerprint density at radius 1 is 1.10 bits per heavy atom. The second kappa shape index (κ2) is 17.0. The van der Waals surface area contributed by atoms with Gasteiger partial charge in [-0.25, -0.2) is 8.42 Å². The first-order valence-corrected chi connectivity index (χ1v) is 18.2. The van der Waals surface area contributed by atoms with Gasteiger partial charge >= 0.3 is 0 Å². The number of benzene rings is 2. The van der Waals surface area contributed by atoms with E-state index in [0.717, 1.165) is 0 Å². The van der Waals surface area contributed by atoms with Crippen LogP contribution in [0.5, 0.6) is 5.75 Å². The van der Waals surface area contributed by atoms with Gasteiger partial charge in [-0.1, -0.05) is 30.6 Å². The Morgan fingerprint density at radius 2 is 1.78 bits per heavy atom. The van der Waals surface area contributed by atoms with Crippen molar-refractivity contribution in [2.75, 3.05) is 43.1 Å². The molecule has 15 heteroatoms. The van der Waals surface area contributed by atoms with Crippen LogP contribution in [0, 0.1) is 19.8 Å². The number of aliphatic hydroxyl groups is 1. The molecule has 3 amide bonds. The van der Waals surface area contributed by atoms with E-state index in [1.807, 2.05) is 6.92 Å². The summed E-state index contributed by atoms with van der Waals surface area (Å²) in [5.74, 6) is -0.340. The molecule has 0 spiro atoms. The van der Waals surface area contributed by atoms with Gasteiger partial charge in [0.2, 0.25) is 27.7 Å². The number of hydrogen-bond acceptors (Lipinski definition) is 10. The molecule has 14 nitrogen and oxygen atoms in total. The highest BCUT2D eigenvalue weighted by atomic mass is 32.2. The van der Waals surface area contributed by atoms with Gasteiger partial charge in [-0.05, 0) is 63.9 Å². The van der Waals surface area contributed by atoms with Gasteiger partial charge in [0.25, 0.3) is 0 Å². The molecule has 0 fully saturated rings. The van der Waals surface area contributed by atoms with Crippen LogP contribution < -0.4 is 21.1 Å². The maximum absolute atomic E-state index is 13.6. The van der Waals surface area contributed by atoms with Gasteiger partial charge in [-0.3, -0.25) is 14.4 Å². The van der Waals surface area contributed by atoms with Crippen LogP contribution >= 0.6 is 0 Å². The highest BCUT2D eigenvalue weighted by molar-refractivity contribution is 7.89. The number of carbonyl (C=O) groups excluding carboxylic acids is 3. The maximum Gasteiger partial charge on any atom is 0.248 e. The van der Waals surface area contributed by atoms with Crippen LogP contribution in [0.2, 0.25) is 0 Å². The molecule has 0 saturated heterocycles. The summed E-state index contributed by atoms with van der Waals surface area (Å²) in [6, 6.07) is 11.6. The number of para-hydroxylation sites is 2. The summed E-state index contributed by atoms with van der Waals surface area (Å²) in [5, 5.41) is 19.4. The van der Waals surface area contributed by atoms with Crippen LogP contribution in [0.25, 0.3) is 0 Å². The third-order valence-electron chi connectivity index (χ3n) is 8.82. The third-order valence-corrected chi connectivity index (χ3v) is 10.9. The largest absolute Gasteiger partial charge is 0.488 e. The van der Waals surface area contributed by atoms with Crippen molar-refractivity contribution >= 4 is 44.8 Å². The lowest BCUT2D eigenvalue weighted by molar-refractivity contribution is -0.134. The summed E-state index contributed by atoms with van der Waals surface area (Å²) < 4.78 is 39.8. The van der Waals surface area contributed by atoms with E-state index in [9.17, 15) is 27.9 Å². The number of hydrogen-bond donors (Lipinski definition) is 4. The highest BCUT2D eigenvalue weighted by Gasteiger charge is 2.35. The Morgan fingerprint density at radius 3 is 2.42 bits per heavy atom. The molecular weight excluding hydrogens is 664 g/mol. The lowest BCUT2D eigenvalue weighted by Crippen LogP contribution is -2.48. The SMILES string of the molecule is Cc1noc(C)c1S(=O)(=O)N(C)C[C@@H]1Oc2ccc(NC(=O)CCCCCC(=O)Nc3ccccc3N)cc2CC(=O)N([C@@H](C)CO)C[C@@H]1C. The van der Waals surface area contributed by atoms with Crippen molar-refractivity contribution in [1.29, 1.82) is 0 Å². The molecule has 50 heavy (non-hydrogen) atoms. The van der Waals surface area contributed by atoms with Crippen molar-refractivity contribution in [1.82, 2.24) is 14.4 Å². The molecule has 0 radical (unpaired) electrons. The Hall–Kier alpha value is -4.47. The topological polar surface area (TPSA) is 197 Å². The van der Waals surface area contributed by atoms with E-state index in [4.69, 9.17) is 15.0 Å². The van der Waals surface area contributed by atoms with Gasteiger partial charge in [0.05, 0.1) is 37.0 Å². The van der Waals surface area contributed by atoms with E-state index < -0.39 is 22.2 Å². The van der Waals surface area contributed by atoms with E-state index in [-0.39, 0.29) is 72.5 Å². The standard InChI is InChI=1S/C35H48N6O8S/c1-22-19-41(23(2)21-42)34(45)18-26-17-27(37-32(43)13-7-6-8-14-33(44)38-29-12-10-9-11-28(29)36)15-16-30(26)48-31(22)20-40(5)50(46,47)35-24(3)39-49-25(35)4/h9-12,15-17,22-23,31,42H,6-8,13-14,18-21,36H2,1-5H3,(H,37,43)(H,38,44)/t22-,23-,31-/m0/s1. The lowest BCUT2D eigenvalue weighted by Gasteiger charge is -2.33. The molecule has 0 unspecified atom stereocenters. The Labute approximate surface area is 293 Å². The number of nitrogens with zero attached hydrogens (tertiary/aromatic N) is 3. The summed E-state index contributed by atoms with van der Waals surface area (Å²) in [6.07, 6.45) is 1.69. The zero-order valence-electron chi connectivity index (χ0n) is 29.3. The number of fused-ring (bicyclic) bond motifs is 1. The molecule has 3 atom stereocenters. The molecule has 272 valence electrons. The predicted octanol–water partition coefficient (Wildman–Crippen LogP) is 3.87. The zero-order chi connectivity index (χ0) is 36.6. The Bertz CT molecular complexity index is 1760. The van der Waals surface area contributed by atoms with Crippen molar-refractivity contribution in [3.8, 4) is 5.75 Å². The number of unbranched alkanes of at least 4 members (excludes halogenated alkanes) is 2. The van der Waals surface area contributed by atoms with Crippen LogP contribution in [0.15, 0.2) is 51.9 Å². The van der Waals surface area contributed by atoms with E-state index in [2.05, 4.69) is 15.8 Å². The van der Waals surface area contributed by atoms with E-state index in [1.165, 1.54) is 18.3 Å². The summed E-state index contributed by atoms with van der Waals surface area (Å²) in [4.78, 5) is 40.2. The molecule has 4 rings (SSSR count). The number of sulfonamides is 1. The average molecular weight is 713 g/mol. The van der Waals surface area contributed by atoms with Crippen LogP contribution in [-0.2, 0) is 30.8 Å². The molecule has 2 heterocycles. The van der Waals surface area contributed by atoms with Gasteiger partial charge in [-0.2, -0.15) is 4.31 Å². The summed E-state index contributed by atoms with van der Waals surface area (Å²) >= 11 is 0. The summed E-state index contributed by atoms with van der Waals surface area (Å²) in [7, 11) is -2.52. The van der Waals surface area contributed by atoms with Crippen molar-refractivity contribution in [2.24, 2.45) is 5.92 Å². The number of anilines is 3. The first-order chi connectivity index (χ1) is 23.7. The smallest absolute Gasteiger partial charge is 0.248 e. The second-order valence-electron chi connectivity index (χ2n) is 12.9. The van der Waals surface area contributed by atoms with Crippen LogP contribution in [-0.4, -0.2) is 84.5 Å². The quantitative estimate of drug-likeness (QED) is 0.141. The first-order valence-electron chi connectivity index (χ1n) is 16.7. The van der Waals surface area contributed by atoms with E-state index in [1.54, 1.807) is 61.2 Å². The molecule has 0 aliphatic carbocycles. The number of nitrogens with one attached hydrogen (secondary N) is 2. The molecule has 2 aromatic carbocycles. The van der Waals surface area contributed by atoms with Gasteiger partial charge in [0.1, 0.15) is 22.4 Å². The monoisotopic (exact) mass is 712 g/mol. The number of nitrogen functional groups attached to an aromatic ring is 1. The number of carbonyl (C=O) groups is 3. The predicted molar refractivity (Wildman–Crippen MR) is 189 cm³/mol. The number of aliphatic hydroxyl groups excluding tert-OH is 1. The molecule has 3 aromatic rings. The average Bonchev–Trinajstić information content (AvgIpc) is 3.43. The first kappa shape index (κ1) is 38.3. The fourth-order valence-electron chi connectivity index (χ4n) is 5.87. The number of aryl methyl sites for hydroxylation is 2. The maximum atomic E-state index is 13.6. The summed E-state index contributed by atoms with van der Waals surface area (Å²) in [6.45, 7) is 6.66. The number of ether oxygens (including phenoxy) is 1. The van der Waals surface area contributed by atoms with Crippen molar-refractivity contribution in [3.05, 3.63) is 59.5 Å². The number of rotatable bonds is 14. The van der Waals surface area contributed by atoms with Gasteiger partial charge in [0, 0.05) is 43.6 Å². The lowest BCUT2D eigenvalue weighted by atomic mass is 10.0. The van der Waals surface area contributed by atoms with Gasteiger partial charge in [-0.15, -0.1) is 0 Å². The zero-order valence-corrected chi connectivity index (χ0v) is 30.1. The summed E-state index contributed by atoms with van der Waals surface area (Å²) in [5.41, 5.74) is 8.20. The number of aromatic nitrogens is 1. The van der Waals surface area contributed by atoms with Crippen LogP contribution in [0.1, 0.15) is 63.0 Å². The molecule has 0 bridgehead atoms. The van der Waals surface area contributed by atoms with E-state index in [0.29, 0.717) is 54.1 Å². The van der Waals surface area contributed by atoms with Crippen molar-refractivity contribution < 1.29 is 37.2 Å². The van der Waals surface area contributed by atoms with Crippen LogP contribution in [0.4, 0.5) is 17.1 Å². The second-order valence-corrected chi connectivity index (χ2v) is 14.9. The molecule has 1 aromatic heterocycles. The Kier molecular flexibility index (Phi) is 13.0. The van der Waals surface area contributed by atoms with Crippen LogP contribution in [0.3, 0.4) is 0 Å². The molecule has 1 aliphatic heterocycles. The number of nitrogens with two attached hydrogens (primary N) is 1. The fourth-order valence-corrected chi connectivity index (χ4v) is 7.34. The molecule has 1 aliphatic rings. The number of amides is 3. The Balaban J connectivity index is 1.42. The minimum atomic E-state index is -3.98. The van der Waals surface area contributed by atoms with Gasteiger partial charge < -0.3 is 35.6 Å². The van der Waals surface area contributed by atoms with Crippen molar-refractivity contribution in [2.45, 2.75) is 83.3 Å². The third kappa shape index (κ3) is 9.61. The molecule has 5 N–H and O–H groups in total. The van der Waals surface area contributed by atoms with Gasteiger partial charge in [0.15, 0.2) is 5.76 Å². The fraction of sp³-hybridized carbons (Fsp3) is 0.486. The minimum absolute atomic E-state index is 0.00127. The minimum Gasteiger partial charge on any atom is -0.488 e. The van der Waals surface area contributed by atoms with E-state index >= 15 is 0 Å². The van der Waals surface area contributed by atoms with Crippen molar-refractivity contribution in [3.63, 3.8) is 0 Å². The molecular formula is C35H48N6O8S. The molecule has 0 saturated carbocycles. The highest BCUT2D eigenvalue weighted by Crippen LogP contribution is 2.31. The normalized spacial score (nSPS) is 17.3.